The molecule has 0 fully saturated rings. The number of nitrogens with zero attached hydrogens (tertiary/aromatic N) is 3. The van der Waals surface area contributed by atoms with Crippen LogP contribution in [0, 0.1) is 6.85 Å². The zero-order valence-electron chi connectivity index (χ0n) is 42.0. The second-order valence-electron chi connectivity index (χ2n) is 19.1. The molecule has 2 heterocycles. The van der Waals surface area contributed by atoms with Crippen LogP contribution in [0.4, 0.5) is 0 Å². The third-order valence-corrected chi connectivity index (χ3v) is 12.3. The summed E-state index contributed by atoms with van der Waals surface area (Å²) in [6, 6.07) is 54.6. The number of imidazole rings is 1. The van der Waals surface area contributed by atoms with Crippen molar-refractivity contribution >= 4 is 11.0 Å². The molecule has 0 atom stereocenters. The molecule has 0 aliphatic heterocycles. The van der Waals surface area contributed by atoms with Crippen LogP contribution in [0.3, 0.4) is 0 Å². The van der Waals surface area contributed by atoms with Gasteiger partial charge in [0.1, 0.15) is 11.6 Å². The molecule has 0 bridgehead atoms. The van der Waals surface area contributed by atoms with Crippen LogP contribution in [0.15, 0.2) is 170 Å². The Labute approximate surface area is 384 Å². The molecule has 1 N–H and O–H groups in total. The number of hydrogen-bond donors (Lipinski definition) is 1. The van der Waals surface area contributed by atoms with Crippen LogP contribution in [-0.2, 0) is 10.8 Å². The number of aryl methyl sites for hydroxylation is 1. The van der Waals surface area contributed by atoms with Gasteiger partial charge in [-0.15, -0.1) is 0 Å². The average Bonchev–Trinajstić information content (AvgIpc) is 3.70. The van der Waals surface area contributed by atoms with Gasteiger partial charge in [0, 0.05) is 34.1 Å². The summed E-state index contributed by atoms with van der Waals surface area (Å²) < 4.78 is 36.8. The molecule has 0 spiro atoms. The second kappa shape index (κ2) is 16.6. The quantitative estimate of drug-likeness (QED) is 0.166. The molecular formula is C60H57N3O. The van der Waals surface area contributed by atoms with Crippen LogP contribution >= 0.6 is 0 Å². The Hall–Kier alpha value is -7.04. The number of aromatic hydroxyl groups is 1. The molecule has 0 saturated carbocycles. The first-order valence-corrected chi connectivity index (χ1v) is 22.0. The molecule has 0 amide bonds. The molecule has 4 nitrogen and oxygen atoms in total. The fourth-order valence-corrected chi connectivity index (χ4v) is 8.62. The topological polar surface area (TPSA) is 50.9 Å². The third-order valence-electron chi connectivity index (χ3n) is 12.3. The zero-order chi connectivity index (χ0) is 48.3. The first-order chi connectivity index (χ1) is 32.1. The Bertz CT molecular complexity index is 3310. The average molecular weight is 840 g/mol. The highest BCUT2D eigenvalue weighted by molar-refractivity contribution is 5.98. The van der Waals surface area contributed by atoms with Crippen LogP contribution in [0.1, 0.15) is 89.0 Å². The highest BCUT2D eigenvalue weighted by atomic mass is 16.3. The van der Waals surface area contributed by atoms with Gasteiger partial charge >= 0.3 is 0 Å². The molecule has 0 aliphatic carbocycles. The molecule has 0 radical (unpaired) electrons. The van der Waals surface area contributed by atoms with E-state index in [-0.39, 0.29) is 16.7 Å². The summed E-state index contributed by atoms with van der Waals surface area (Å²) in [5.74, 6) is -0.0627. The smallest absolute Gasteiger partial charge is 0.149 e. The van der Waals surface area contributed by atoms with Crippen LogP contribution in [0.2, 0.25) is 0 Å². The summed E-state index contributed by atoms with van der Waals surface area (Å²) >= 11 is 0. The van der Waals surface area contributed by atoms with E-state index in [9.17, 15) is 5.11 Å². The summed E-state index contributed by atoms with van der Waals surface area (Å²) in [7, 11) is 0. The Morgan fingerprint density at radius 3 is 1.91 bits per heavy atom. The molecule has 9 aromatic rings. The van der Waals surface area contributed by atoms with E-state index in [1.165, 1.54) is 0 Å². The summed E-state index contributed by atoms with van der Waals surface area (Å²) in [5, 5.41) is 12.4. The van der Waals surface area contributed by atoms with E-state index >= 15 is 0 Å². The van der Waals surface area contributed by atoms with Crippen molar-refractivity contribution in [2.75, 3.05) is 0 Å². The lowest BCUT2D eigenvalue weighted by Gasteiger charge is -2.27. The number of para-hydroxylation sites is 1. The van der Waals surface area contributed by atoms with Crippen molar-refractivity contribution in [2.24, 2.45) is 0 Å². The van der Waals surface area contributed by atoms with E-state index < -0.39 is 18.2 Å². The lowest BCUT2D eigenvalue weighted by atomic mass is 9.79. The van der Waals surface area contributed by atoms with Gasteiger partial charge in [-0.25, -0.2) is 4.98 Å². The maximum absolute atomic E-state index is 12.4. The van der Waals surface area contributed by atoms with E-state index in [0.717, 1.165) is 72.4 Å². The van der Waals surface area contributed by atoms with Gasteiger partial charge in [-0.2, -0.15) is 0 Å². The largest absolute Gasteiger partial charge is 0.507 e. The number of hydrogen-bond acceptors (Lipinski definition) is 3. The van der Waals surface area contributed by atoms with Gasteiger partial charge in [0.25, 0.3) is 0 Å². The van der Waals surface area contributed by atoms with Crippen LogP contribution < -0.4 is 0 Å². The van der Waals surface area contributed by atoms with Crippen molar-refractivity contribution in [3.8, 4) is 78.6 Å². The molecule has 2 aromatic heterocycles. The number of phenolic OH excluding ortho intramolecular Hbond substituents is 1. The SMILES string of the molecule is [2H]C([2H])([2H])c1cc(-n2c(-c3cc(C(C)(C)C)cc(C(C)(C)C)c3O)nc3c(-c4cc(-c5ccccc5)cc(-c5cc(-c6ccc(C([2H])(C)C)cc6)ccn5)c4)cccc32)ccc1-c1ccccc1. The number of fused-ring (bicyclic) bond motifs is 1. The maximum Gasteiger partial charge on any atom is 0.149 e. The van der Waals surface area contributed by atoms with Crippen molar-refractivity contribution < 1.29 is 10.6 Å². The highest BCUT2D eigenvalue weighted by Gasteiger charge is 2.29. The Balaban J connectivity index is 1.31. The van der Waals surface area contributed by atoms with Gasteiger partial charge in [-0.1, -0.05) is 165 Å². The third kappa shape index (κ3) is 8.17. The number of rotatable bonds is 8. The minimum Gasteiger partial charge on any atom is -0.507 e. The molecule has 0 unspecified atom stereocenters. The molecule has 4 heteroatoms. The Morgan fingerprint density at radius 2 is 1.23 bits per heavy atom. The fraction of sp³-hybridized carbons (Fsp3) is 0.200. The molecule has 0 saturated heterocycles. The van der Waals surface area contributed by atoms with Gasteiger partial charge in [-0.3, -0.25) is 9.55 Å². The van der Waals surface area contributed by atoms with Crippen LogP contribution in [-0.4, -0.2) is 19.6 Å². The van der Waals surface area contributed by atoms with E-state index in [1.807, 2.05) is 122 Å². The first kappa shape index (κ1) is 37.5. The molecule has 9 rings (SSSR count). The minimum atomic E-state index is -2.43. The van der Waals surface area contributed by atoms with Gasteiger partial charge in [0.2, 0.25) is 0 Å². The standard InChI is InChI=1S/C60H57N3O/c1-38(2)40-23-25-42(26-24-40)44-29-30-61-54(35-44)47-33-45(41-17-12-10-13-18-41)32-46(34-47)51-21-16-22-55-56(51)62-58(52-36-48(59(4,5)6)37-53(57(52)64)60(7,8)9)63(55)49-27-28-50(39(3)31-49)43-19-14-11-15-20-43/h10-38,64H,1-9H3/i3D3,38D. The van der Waals surface area contributed by atoms with Crippen molar-refractivity contribution in [1.29, 1.82) is 0 Å². The number of phenols is 1. The van der Waals surface area contributed by atoms with E-state index in [0.29, 0.717) is 28.2 Å². The van der Waals surface area contributed by atoms with Crippen molar-refractivity contribution in [1.82, 2.24) is 14.5 Å². The van der Waals surface area contributed by atoms with Crippen molar-refractivity contribution in [3.63, 3.8) is 0 Å². The minimum absolute atomic E-state index is 0.137. The van der Waals surface area contributed by atoms with E-state index in [1.54, 1.807) is 6.07 Å². The van der Waals surface area contributed by atoms with Gasteiger partial charge in [0.15, 0.2) is 0 Å². The lowest BCUT2D eigenvalue weighted by Crippen LogP contribution is -2.17. The van der Waals surface area contributed by atoms with E-state index in [2.05, 4.69) is 102 Å². The summed E-state index contributed by atoms with van der Waals surface area (Å²) in [4.78, 5) is 10.5. The van der Waals surface area contributed by atoms with Gasteiger partial charge < -0.3 is 5.11 Å². The molecule has 7 aromatic carbocycles. The summed E-state index contributed by atoms with van der Waals surface area (Å²) in [6.45, 7) is 14.2. The fourth-order valence-electron chi connectivity index (χ4n) is 8.62. The van der Waals surface area contributed by atoms with Crippen LogP contribution in [0.25, 0.3) is 83.9 Å². The predicted octanol–water partition coefficient (Wildman–Crippen LogP) is 16.2. The van der Waals surface area contributed by atoms with Crippen molar-refractivity contribution in [2.45, 2.75) is 79.0 Å². The van der Waals surface area contributed by atoms with Crippen molar-refractivity contribution in [3.05, 3.63) is 192 Å². The lowest BCUT2D eigenvalue weighted by molar-refractivity contribution is 0.446. The molecule has 318 valence electrons. The maximum atomic E-state index is 12.4. The monoisotopic (exact) mass is 839 g/mol. The predicted molar refractivity (Wildman–Crippen MR) is 269 cm³/mol. The van der Waals surface area contributed by atoms with Crippen LogP contribution in [0.5, 0.6) is 5.75 Å². The second-order valence-corrected chi connectivity index (χ2v) is 19.1. The number of benzene rings is 7. The zero-order valence-corrected chi connectivity index (χ0v) is 38.0. The highest BCUT2D eigenvalue weighted by Crippen LogP contribution is 2.45. The Kier molecular flexibility index (Phi) is 9.72. The van der Waals surface area contributed by atoms with E-state index in [4.69, 9.17) is 15.5 Å². The molecule has 64 heavy (non-hydrogen) atoms. The van der Waals surface area contributed by atoms with Gasteiger partial charge in [0.05, 0.1) is 22.3 Å². The first-order valence-electron chi connectivity index (χ1n) is 24.0. The molecular weight excluding hydrogens is 779 g/mol. The molecule has 0 aliphatic rings. The summed E-state index contributed by atoms with van der Waals surface area (Å²) in [5.41, 5.74) is 14.0. The van der Waals surface area contributed by atoms with Gasteiger partial charge in [-0.05, 0) is 134 Å². The summed E-state index contributed by atoms with van der Waals surface area (Å²) in [6.07, 6.45) is 1.84. The Morgan fingerprint density at radius 1 is 0.562 bits per heavy atom. The number of aromatic nitrogens is 3. The normalized spacial score (nSPS) is 13.3. The number of pyridine rings is 1.